The van der Waals surface area contributed by atoms with Gasteiger partial charge in [-0.15, -0.1) is 0 Å². The minimum Gasteiger partial charge on any atom is -0.409 e. The van der Waals surface area contributed by atoms with Crippen LogP contribution in [0.2, 0.25) is 0 Å². The minimum absolute atomic E-state index is 0.0788. The zero-order valence-electron chi connectivity index (χ0n) is 10.6. The molecule has 7 heteroatoms. The van der Waals surface area contributed by atoms with E-state index in [1.807, 2.05) is 13.8 Å². The van der Waals surface area contributed by atoms with Gasteiger partial charge in [-0.1, -0.05) is 12.1 Å². The number of likely N-dealkylation sites (tertiary alicyclic amines) is 1. The molecule has 0 saturated carbocycles. The van der Waals surface area contributed by atoms with Crippen LogP contribution in [0.3, 0.4) is 0 Å². The molecular weight excluding hydrogens is 247 g/mol. The second-order valence-electron chi connectivity index (χ2n) is 4.97. The van der Waals surface area contributed by atoms with E-state index in [1.165, 1.54) is 0 Å². The van der Waals surface area contributed by atoms with Crippen LogP contribution < -0.4 is 5.73 Å². The van der Waals surface area contributed by atoms with Crippen LogP contribution >= 0.6 is 0 Å². The monoisotopic (exact) mass is 267 g/mol. The summed E-state index contributed by atoms with van der Waals surface area (Å²) in [7, 11) is 0. The quantitative estimate of drug-likeness (QED) is 0.356. The van der Waals surface area contributed by atoms with Crippen molar-refractivity contribution in [1.82, 2.24) is 4.90 Å². The average molecular weight is 267 g/mol. The largest absolute Gasteiger partial charge is 0.409 e. The summed E-state index contributed by atoms with van der Waals surface area (Å²) in [5, 5.41) is 11.0. The van der Waals surface area contributed by atoms with E-state index in [0.29, 0.717) is 12.5 Å². The first-order valence-electron chi connectivity index (χ1n) is 6.05. The Balaban J connectivity index is 2.78. The summed E-state index contributed by atoms with van der Waals surface area (Å²) in [6.45, 7) is 4.33. The van der Waals surface area contributed by atoms with Crippen molar-refractivity contribution in [3.63, 3.8) is 0 Å². The Morgan fingerprint density at radius 2 is 2.11 bits per heavy atom. The van der Waals surface area contributed by atoms with Crippen molar-refractivity contribution in [2.45, 2.75) is 38.9 Å². The molecule has 4 nitrogen and oxygen atoms in total. The van der Waals surface area contributed by atoms with Crippen LogP contribution in [0.15, 0.2) is 5.16 Å². The third-order valence-electron chi connectivity index (χ3n) is 3.79. The van der Waals surface area contributed by atoms with Crippen molar-refractivity contribution in [2.75, 3.05) is 13.1 Å². The van der Waals surface area contributed by atoms with E-state index >= 15 is 0 Å². The molecule has 3 N–H and O–H groups in total. The summed E-state index contributed by atoms with van der Waals surface area (Å²) in [4.78, 5) is 1.77. The molecule has 0 spiro atoms. The lowest BCUT2D eigenvalue weighted by atomic mass is 9.91. The summed E-state index contributed by atoms with van der Waals surface area (Å²) in [6, 6.07) is 0.0788. The van der Waals surface area contributed by atoms with Crippen LogP contribution in [0.1, 0.15) is 26.7 Å². The first-order valence-corrected chi connectivity index (χ1v) is 6.05. The number of hydrogen-bond donors (Lipinski definition) is 2. The van der Waals surface area contributed by atoms with E-state index in [-0.39, 0.29) is 12.6 Å². The van der Waals surface area contributed by atoms with Crippen LogP contribution in [0.25, 0.3) is 0 Å². The third-order valence-corrected chi connectivity index (χ3v) is 3.79. The van der Waals surface area contributed by atoms with Gasteiger partial charge in [0.05, 0.1) is 0 Å². The molecule has 18 heavy (non-hydrogen) atoms. The Morgan fingerprint density at radius 1 is 1.50 bits per heavy atom. The number of alkyl halides is 3. The van der Waals surface area contributed by atoms with Crippen LogP contribution in [0.4, 0.5) is 13.2 Å². The third kappa shape index (κ3) is 3.51. The number of amidine groups is 1. The lowest BCUT2D eigenvalue weighted by Gasteiger charge is -2.39. The van der Waals surface area contributed by atoms with Crippen molar-refractivity contribution in [2.24, 2.45) is 22.7 Å². The number of hydrogen-bond acceptors (Lipinski definition) is 3. The van der Waals surface area contributed by atoms with E-state index in [0.717, 1.165) is 12.8 Å². The molecule has 106 valence electrons. The highest BCUT2D eigenvalue weighted by Crippen LogP contribution is 2.30. The molecule has 1 aliphatic heterocycles. The second kappa shape index (κ2) is 5.77. The lowest BCUT2D eigenvalue weighted by Crippen LogP contribution is -2.50. The standard InChI is InChI=1S/C11H20F3N3O/c1-7-4-3-5-17(8(7)2)6-9(10(15)16-18)11(12,13)14/h7-9,18H,3-6H2,1-2H3,(H2,15,16). The first-order chi connectivity index (χ1) is 8.27. The number of oxime groups is 1. The van der Waals surface area contributed by atoms with Gasteiger partial charge in [-0.3, -0.25) is 4.90 Å². The molecule has 3 atom stereocenters. The number of rotatable bonds is 3. The van der Waals surface area contributed by atoms with Crippen molar-refractivity contribution in [3.05, 3.63) is 0 Å². The van der Waals surface area contributed by atoms with E-state index in [9.17, 15) is 13.2 Å². The van der Waals surface area contributed by atoms with E-state index in [2.05, 4.69) is 5.16 Å². The van der Waals surface area contributed by atoms with Gasteiger partial charge in [-0.25, -0.2) is 0 Å². The maximum atomic E-state index is 12.8. The highest BCUT2D eigenvalue weighted by atomic mass is 19.4. The predicted molar refractivity (Wildman–Crippen MR) is 62.4 cm³/mol. The molecule has 0 aromatic rings. The number of piperidine rings is 1. The highest BCUT2D eigenvalue weighted by Gasteiger charge is 2.44. The predicted octanol–water partition coefficient (Wildman–Crippen LogP) is 2.03. The molecular formula is C11H20F3N3O. The van der Waals surface area contributed by atoms with Gasteiger partial charge in [0, 0.05) is 12.6 Å². The zero-order valence-corrected chi connectivity index (χ0v) is 10.6. The highest BCUT2D eigenvalue weighted by molar-refractivity contribution is 5.83. The first kappa shape index (κ1) is 15.1. The van der Waals surface area contributed by atoms with Gasteiger partial charge in [-0.2, -0.15) is 13.2 Å². The van der Waals surface area contributed by atoms with Crippen LogP contribution in [-0.4, -0.2) is 41.3 Å². The molecule has 1 saturated heterocycles. The summed E-state index contributed by atoms with van der Waals surface area (Å²) in [5.41, 5.74) is 5.15. The molecule has 0 bridgehead atoms. The number of nitrogens with zero attached hydrogens (tertiary/aromatic N) is 2. The number of nitrogens with two attached hydrogens (primary N) is 1. The van der Waals surface area contributed by atoms with Crippen molar-refractivity contribution < 1.29 is 18.4 Å². The molecule has 0 aromatic carbocycles. The SMILES string of the molecule is CC1CCCN(CC(C(N)=NO)C(F)(F)F)C1C. The Hall–Kier alpha value is -0.980. The van der Waals surface area contributed by atoms with E-state index in [4.69, 9.17) is 10.9 Å². The molecule has 1 rings (SSSR count). The van der Waals surface area contributed by atoms with E-state index in [1.54, 1.807) is 4.90 Å². The van der Waals surface area contributed by atoms with E-state index < -0.39 is 17.9 Å². The maximum absolute atomic E-state index is 12.8. The van der Waals surface area contributed by atoms with Crippen LogP contribution in [-0.2, 0) is 0 Å². The Morgan fingerprint density at radius 3 is 2.61 bits per heavy atom. The summed E-state index contributed by atoms with van der Waals surface area (Å²) >= 11 is 0. The van der Waals surface area contributed by atoms with Crippen molar-refractivity contribution >= 4 is 5.84 Å². The summed E-state index contributed by atoms with van der Waals surface area (Å²) in [5.74, 6) is -2.32. The Labute approximate surface area is 105 Å². The molecule has 1 aliphatic rings. The molecule has 1 heterocycles. The fraction of sp³-hybridized carbons (Fsp3) is 0.909. The van der Waals surface area contributed by atoms with Gasteiger partial charge in [0.2, 0.25) is 0 Å². The normalized spacial score (nSPS) is 29.3. The smallest absolute Gasteiger partial charge is 0.400 e. The fourth-order valence-corrected chi connectivity index (χ4v) is 2.35. The average Bonchev–Trinajstić information content (AvgIpc) is 2.28. The Bertz CT molecular complexity index is 306. The summed E-state index contributed by atoms with van der Waals surface area (Å²) < 4.78 is 38.5. The topological polar surface area (TPSA) is 61.8 Å². The zero-order chi connectivity index (χ0) is 13.9. The van der Waals surface area contributed by atoms with Crippen molar-refractivity contribution in [1.29, 1.82) is 0 Å². The summed E-state index contributed by atoms with van der Waals surface area (Å²) in [6.07, 6.45) is -2.58. The lowest BCUT2D eigenvalue weighted by molar-refractivity contribution is -0.162. The molecule has 1 fully saturated rings. The molecule has 0 radical (unpaired) electrons. The molecule has 0 aliphatic carbocycles. The van der Waals surface area contributed by atoms with Gasteiger partial charge in [0.15, 0.2) is 5.84 Å². The van der Waals surface area contributed by atoms with Crippen LogP contribution in [0.5, 0.6) is 0 Å². The minimum atomic E-state index is -4.49. The van der Waals surface area contributed by atoms with Crippen molar-refractivity contribution in [3.8, 4) is 0 Å². The maximum Gasteiger partial charge on any atom is 0.400 e. The fourth-order valence-electron chi connectivity index (χ4n) is 2.35. The van der Waals surface area contributed by atoms with Gasteiger partial charge in [-0.05, 0) is 32.2 Å². The molecule has 0 aromatic heterocycles. The second-order valence-corrected chi connectivity index (χ2v) is 4.97. The van der Waals surface area contributed by atoms with Crippen LogP contribution in [0, 0.1) is 11.8 Å². The van der Waals surface area contributed by atoms with Gasteiger partial charge in [0.1, 0.15) is 5.92 Å². The van der Waals surface area contributed by atoms with Gasteiger partial charge < -0.3 is 10.9 Å². The molecule has 0 amide bonds. The van der Waals surface area contributed by atoms with Gasteiger partial charge in [0.25, 0.3) is 0 Å². The number of halogens is 3. The molecule has 3 unspecified atom stereocenters. The Kier molecular flexibility index (Phi) is 4.84. The van der Waals surface area contributed by atoms with Gasteiger partial charge >= 0.3 is 6.18 Å².